The van der Waals surface area contributed by atoms with Gasteiger partial charge in [0.15, 0.2) is 0 Å². The van der Waals surface area contributed by atoms with Gasteiger partial charge in [-0.05, 0) is 12.8 Å². The lowest BCUT2D eigenvalue weighted by Gasteiger charge is -2.55. The number of fused-ring (bicyclic) bond motifs is 3. The SMILES string of the molecule is CCCC[N+]12CC[N+](CCCC)(CC1)CC2.[Br-].[Br-]. The summed E-state index contributed by atoms with van der Waals surface area (Å²) in [6, 6.07) is 0. The van der Waals surface area contributed by atoms with Gasteiger partial charge >= 0.3 is 0 Å². The van der Waals surface area contributed by atoms with Gasteiger partial charge in [0.25, 0.3) is 0 Å². The van der Waals surface area contributed by atoms with Crippen molar-refractivity contribution in [3.63, 3.8) is 0 Å². The van der Waals surface area contributed by atoms with Crippen molar-refractivity contribution in [2.75, 3.05) is 52.4 Å². The van der Waals surface area contributed by atoms with E-state index in [1.165, 1.54) is 87.0 Å². The monoisotopic (exact) mass is 384 g/mol. The normalized spacial score (nSPS) is 33.7. The first-order valence-corrected chi connectivity index (χ1v) is 7.44. The summed E-state index contributed by atoms with van der Waals surface area (Å²) in [7, 11) is 0. The zero-order chi connectivity index (χ0) is 11.5. The first-order valence-electron chi connectivity index (χ1n) is 7.44. The lowest BCUT2D eigenvalue weighted by molar-refractivity contribution is -1.08. The molecular weight excluding hydrogens is 356 g/mol. The largest absolute Gasteiger partial charge is 1.00 e. The van der Waals surface area contributed by atoms with Crippen molar-refractivity contribution in [2.24, 2.45) is 0 Å². The molecule has 3 fully saturated rings. The molecule has 2 bridgehead atoms. The molecule has 0 N–H and O–H groups in total. The smallest absolute Gasteiger partial charge is 0.129 e. The minimum atomic E-state index is 0. The van der Waals surface area contributed by atoms with E-state index in [9.17, 15) is 0 Å². The molecule has 110 valence electrons. The molecule has 0 radical (unpaired) electrons. The molecule has 0 aromatic heterocycles. The first-order chi connectivity index (χ1) is 7.74. The second kappa shape index (κ2) is 8.23. The molecule has 18 heavy (non-hydrogen) atoms. The van der Waals surface area contributed by atoms with Crippen molar-refractivity contribution in [3.8, 4) is 0 Å². The van der Waals surface area contributed by atoms with Crippen molar-refractivity contribution >= 4 is 0 Å². The van der Waals surface area contributed by atoms with Gasteiger partial charge in [-0.3, -0.25) is 0 Å². The summed E-state index contributed by atoms with van der Waals surface area (Å²) in [5.41, 5.74) is 0. The van der Waals surface area contributed by atoms with Crippen molar-refractivity contribution in [1.29, 1.82) is 0 Å². The van der Waals surface area contributed by atoms with Crippen LogP contribution < -0.4 is 34.0 Å². The van der Waals surface area contributed by atoms with Crippen molar-refractivity contribution in [3.05, 3.63) is 0 Å². The topological polar surface area (TPSA) is 0 Å². The van der Waals surface area contributed by atoms with Crippen LogP contribution in [0.5, 0.6) is 0 Å². The van der Waals surface area contributed by atoms with Gasteiger partial charge in [0, 0.05) is 0 Å². The minimum absolute atomic E-state index is 0. The summed E-state index contributed by atoms with van der Waals surface area (Å²) in [4.78, 5) is 0. The fraction of sp³-hybridized carbons (Fsp3) is 1.00. The van der Waals surface area contributed by atoms with Crippen LogP contribution in [0.4, 0.5) is 0 Å². The molecule has 2 nitrogen and oxygen atoms in total. The van der Waals surface area contributed by atoms with Gasteiger partial charge in [-0.15, -0.1) is 0 Å². The van der Waals surface area contributed by atoms with Crippen molar-refractivity contribution in [2.45, 2.75) is 39.5 Å². The molecule has 4 heteroatoms. The van der Waals surface area contributed by atoms with Gasteiger partial charge in [0.1, 0.15) is 39.3 Å². The number of hydrogen-bond acceptors (Lipinski definition) is 0. The summed E-state index contributed by atoms with van der Waals surface area (Å²) >= 11 is 0. The third-order valence-electron chi connectivity index (χ3n) is 5.12. The van der Waals surface area contributed by atoms with E-state index in [0.29, 0.717) is 0 Å². The fourth-order valence-corrected chi connectivity index (χ4v) is 3.60. The molecule has 0 aromatic carbocycles. The van der Waals surface area contributed by atoms with Crippen LogP contribution in [0.2, 0.25) is 0 Å². The summed E-state index contributed by atoms with van der Waals surface area (Å²) in [5, 5.41) is 0. The molecule has 0 unspecified atom stereocenters. The van der Waals surface area contributed by atoms with E-state index >= 15 is 0 Å². The fourth-order valence-electron chi connectivity index (χ4n) is 3.60. The number of nitrogens with zero attached hydrogens (tertiary/aromatic N) is 2. The van der Waals surface area contributed by atoms with Gasteiger partial charge in [-0.1, -0.05) is 26.7 Å². The van der Waals surface area contributed by atoms with Crippen LogP contribution in [0.15, 0.2) is 0 Å². The van der Waals surface area contributed by atoms with E-state index in [1.54, 1.807) is 0 Å². The predicted octanol–water partition coefficient (Wildman–Crippen LogP) is -3.74. The van der Waals surface area contributed by atoms with E-state index in [0.717, 1.165) is 0 Å². The Bertz CT molecular complexity index is 185. The van der Waals surface area contributed by atoms with E-state index in [-0.39, 0.29) is 34.0 Å². The van der Waals surface area contributed by atoms with Crippen LogP contribution >= 0.6 is 0 Å². The van der Waals surface area contributed by atoms with Crippen molar-refractivity contribution in [1.82, 2.24) is 0 Å². The lowest BCUT2D eigenvalue weighted by Crippen LogP contribution is -3.00. The maximum Gasteiger partial charge on any atom is 0.129 e. The molecule has 0 spiro atoms. The van der Waals surface area contributed by atoms with Gasteiger partial charge in [0.2, 0.25) is 0 Å². The molecule has 0 aliphatic carbocycles. The van der Waals surface area contributed by atoms with Crippen LogP contribution in [0.1, 0.15) is 39.5 Å². The second-order valence-corrected chi connectivity index (χ2v) is 6.18. The Morgan fingerprint density at radius 3 is 1.11 bits per heavy atom. The van der Waals surface area contributed by atoms with Gasteiger partial charge in [0.05, 0.1) is 13.1 Å². The summed E-state index contributed by atoms with van der Waals surface area (Å²) in [6.45, 7) is 16.4. The van der Waals surface area contributed by atoms with Crippen LogP contribution in [0.3, 0.4) is 0 Å². The van der Waals surface area contributed by atoms with Crippen LogP contribution in [-0.4, -0.2) is 61.3 Å². The Kier molecular flexibility index (Phi) is 8.63. The standard InChI is InChI=1S/C14H30N2.2BrH/c1-3-5-7-15-9-12-16(13-10-15,14-11-15)8-6-4-2;;/h3-14H2,1-2H3;2*1H/q+2;;/p-2. The second-order valence-electron chi connectivity index (χ2n) is 6.18. The van der Waals surface area contributed by atoms with Crippen LogP contribution in [0.25, 0.3) is 0 Å². The molecule has 3 saturated heterocycles. The number of hydrogen-bond donors (Lipinski definition) is 0. The first kappa shape index (κ1) is 18.9. The molecule has 3 rings (SSSR count). The zero-order valence-corrected chi connectivity index (χ0v) is 15.3. The summed E-state index contributed by atoms with van der Waals surface area (Å²) in [6.07, 6.45) is 5.62. The molecular formula is C14H30Br2N2. The Morgan fingerprint density at radius 1 is 0.611 bits per heavy atom. The highest BCUT2D eigenvalue weighted by molar-refractivity contribution is 4.62. The molecule has 0 aromatic rings. The van der Waals surface area contributed by atoms with Gasteiger partial charge < -0.3 is 42.9 Å². The molecule has 0 atom stereocenters. The number of unbranched alkanes of at least 4 members (excludes halogenated alkanes) is 2. The number of quaternary nitrogens is 2. The predicted molar refractivity (Wildman–Crippen MR) is 69.3 cm³/mol. The maximum atomic E-state index is 2.33. The van der Waals surface area contributed by atoms with E-state index in [4.69, 9.17) is 0 Å². The molecule has 3 aliphatic heterocycles. The maximum absolute atomic E-state index is 2.33. The lowest BCUT2D eigenvalue weighted by atomic mass is 10.0. The zero-order valence-electron chi connectivity index (χ0n) is 12.1. The highest BCUT2D eigenvalue weighted by atomic mass is 79.9. The van der Waals surface area contributed by atoms with Gasteiger partial charge in [-0.25, -0.2) is 0 Å². The third kappa shape index (κ3) is 4.19. The Labute approximate surface area is 134 Å². The van der Waals surface area contributed by atoms with Crippen LogP contribution in [-0.2, 0) is 0 Å². The Morgan fingerprint density at radius 2 is 0.889 bits per heavy atom. The minimum Gasteiger partial charge on any atom is -1.00 e. The number of rotatable bonds is 6. The quantitative estimate of drug-likeness (QED) is 0.412. The van der Waals surface area contributed by atoms with Gasteiger partial charge in [-0.2, -0.15) is 0 Å². The van der Waals surface area contributed by atoms with E-state index in [1.807, 2.05) is 0 Å². The van der Waals surface area contributed by atoms with Crippen molar-refractivity contribution < 1.29 is 42.9 Å². The van der Waals surface area contributed by atoms with Crippen LogP contribution in [0, 0.1) is 0 Å². The van der Waals surface area contributed by atoms with E-state index < -0.39 is 0 Å². The number of halogens is 2. The average Bonchev–Trinajstić information content (AvgIpc) is 2.37. The highest BCUT2D eigenvalue weighted by Gasteiger charge is 2.47. The molecule has 0 amide bonds. The molecule has 3 aliphatic rings. The summed E-state index contributed by atoms with van der Waals surface area (Å²) < 4.78 is 2.94. The number of piperazine rings is 3. The van der Waals surface area contributed by atoms with E-state index in [2.05, 4.69) is 13.8 Å². The molecule has 3 heterocycles. The third-order valence-corrected chi connectivity index (χ3v) is 5.12. The Hall–Kier alpha value is 0.880. The average molecular weight is 386 g/mol. The highest BCUT2D eigenvalue weighted by Crippen LogP contribution is 2.27. The Balaban J connectivity index is 0.00000144. The molecule has 0 saturated carbocycles. The summed E-state index contributed by atoms with van der Waals surface area (Å²) in [5.74, 6) is 0.